The molecule has 0 fully saturated rings. The third-order valence-electron chi connectivity index (χ3n) is 1.21. The molecular weight excluding hydrogens is 176 g/mol. The van der Waals surface area contributed by atoms with Crippen LogP contribution in [0.15, 0.2) is 0 Å². The van der Waals surface area contributed by atoms with Crippen molar-refractivity contribution < 1.29 is 9.00 Å². The monoisotopic (exact) mass is 192 g/mol. The number of nitrogens with one attached hydrogen (secondary N) is 2. The van der Waals surface area contributed by atoms with E-state index in [1.54, 1.807) is 6.26 Å². The van der Waals surface area contributed by atoms with Crippen molar-refractivity contribution in [3.8, 4) is 0 Å². The highest BCUT2D eigenvalue weighted by Gasteiger charge is 1.97. The van der Waals surface area contributed by atoms with Crippen LogP contribution in [0.1, 0.15) is 13.3 Å². The van der Waals surface area contributed by atoms with E-state index < -0.39 is 10.8 Å². The number of hydrogen-bond donors (Lipinski definition) is 2. The molecule has 0 radical (unpaired) electrons. The van der Waals surface area contributed by atoms with E-state index in [4.69, 9.17) is 0 Å². The molecule has 0 aromatic carbocycles. The Balaban J connectivity index is 3.25. The van der Waals surface area contributed by atoms with Gasteiger partial charge >= 0.3 is 6.03 Å². The molecule has 5 heteroatoms. The van der Waals surface area contributed by atoms with Crippen LogP contribution in [0.5, 0.6) is 0 Å². The van der Waals surface area contributed by atoms with Gasteiger partial charge in [0.15, 0.2) is 0 Å². The molecular formula is C7H16N2O2S. The molecule has 0 saturated carbocycles. The standard InChI is InChI=1S/C7H16N2O2S/c1-3-4-8-7(10)9-5-6-12(2)11/h3-6H2,1-2H3,(H2,8,9,10). The summed E-state index contributed by atoms with van der Waals surface area (Å²) in [4.78, 5) is 10.9. The number of urea groups is 1. The fraction of sp³-hybridized carbons (Fsp3) is 0.857. The highest BCUT2D eigenvalue weighted by molar-refractivity contribution is 7.84. The molecule has 0 rings (SSSR count). The summed E-state index contributed by atoms with van der Waals surface area (Å²) in [6.45, 7) is 3.14. The van der Waals surface area contributed by atoms with Gasteiger partial charge in [-0.15, -0.1) is 0 Å². The second-order valence-electron chi connectivity index (χ2n) is 2.46. The molecule has 0 aromatic rings. The summed E-state index contributed by atoms with van der Waals surface area (Å²) in [5, 5.41) is 5.26. The smallest absolute Gasteiger partial charge is 0.314 e. The van der Waals surface area contributed by atoms with E-state index in [-0.39, 0.29) is 6.03 Å². The number of amides is 2. The third-order valence-corrected chi connectivity index (χ3v) is 1.99. The molecule has 1 atom stereocenters. The first-order valence-corrected chi connectivity index (χ1v) is 5.71. The van der Waals surface area contributed by atoms with Crippen LogP contribution in [0.4, 0.5) is 4.79 Å². The predicted octanol–water partition coefficient (Wildman–Crippen LogP) is 0.0741. The maximum atomic E-state index is 10.9. The summed E-state index contributed by atoms with van der Waals surface area (Å²) in [6.07, 6.45) is 2.54. The maximum Gasteiger partial charge on any atom is 0.314 e. The van der Waals surface area contributed by atoms with Gasteiger partial charge in [-0.2, -0.15) is 0 Å². The van der Waals surface area contributed by atoms with Gasteiger partial charge in [0, 0.05) is 35.9 Å². The minimum absolute atomic E-state index is 0.178. The molecule has 0 spiro atoms. The number of rotatable bonds is 5. The van der Waals surface area contributed by atoms with Crippen LogP contribution < -0.4 is 10.6 Å². The molecule has 72 valence electrons. The van der Waals surface area contributed by atoms with Crippen molar-refractivity contribution in [2.75, 3.05) is 25.1 Å². The van der Waals surface area contributed by atoms with E-state index in [0.29, 0.717) is 18.8 Å². The topological polar surface area (TPSA) is 58.2 Å². The lowest BCUT2D eigenvalue weighted by atomic mass is 10.5. The average Bonchev–Trinajstić information content (AvgIpc) is 2.00. The molecule has 2 amide bonds. The van der Waals surface area contributed by atoms with E-state index in [1.807, 2.05) is 6.92 Å². The molecule has 0 aliphatic rings. The highest BCUT2D eigenvalue weighted by Crippen LogP contribution is 1.73. The van der Waals surface area contributed by atoms with Crippen molar-refractivity contribution >= 4 is 16.8 Å². The van der Waals surface area contributed by atoms with Crippen LogP contribution in [0.2, 0.25) is 0 Å². The second-order valence-corrected chi connectivity index (χ2v) is 4.01. The van der Waals surface area contributed by atoms with Gasteiger partial charge in [-0.05, 0) is 6.42 Å². The van der Waals surface area contributed by atoms with E-state index >= 15 is 0 Å². The maximum absolute atomic E-state index is 10.9. The van der Waals surface area contributed by atoms with E-state index in [1.165, 1.54) is 0 Å². The number of hydrogen-bond acceptors (Lipinski definition) is 2. The van der Waals surface area contributed by atoms with Crippen molar-refractivity contribution in [2.45, 2.75) is 13.3 Å². The Bertz CT molecular complexity index is 161. The van der Waals surface area contributed by atoms with Gasteiger partial charge in [-0.1, -0.05) is 6.92 Å². The normalized spacial score (nSPS) is 12.2. The van der Waals surface area contributed by atoms with Crippen LogP contribution in [-0.2, 0) is 10.8 Å². The molecule has 4 nitrogen and oxygen atoms in total. The van der Waals surface area contributed by atoms with E-state index in [9.17, 15) is 9.00 Å². The van der Waals surface area contributed by atoms with Gasteiger partial charge in [0.05, 0.1) is 0 Å². The molecule has 0 aliphatic heterocycles. The van der Waals surface area contributed by atoms with Gasteiger partial charge in [0.1, 0.15) is 0 Å². The summed E-state index contributed by atoms with van der Waals surface area (Å²) in [6, 6.07) is -0.178. The Hall–Kier alpha value is -0.580. The average molecular weight is 192 g/mol. The first kappa shape index (κ1) is 11.4. The lowest BCUT2D eigenvalue weighted by Gasteiger charge is -2.04. The van der Waals surface area contributed by atoms with Crippen LogP contribution in [-0.4, -0.2) is 35.3 Å². The highest BCUT2D eigenvalue weighted by atomic mass is 32.2. The Morgan fingerprint density at radius 3 is 2.42 bits per heavy atom. The molecule has 12 heavy (non-hydrogen) atoms. The Morgan fingerprint density at radius 2 is 1.92 bits per heavy atom. The van der Waals surface area contributed by atoms with Gasteiger partial charge in [0.2, 0.25) is 0 Å². The Kier molecular flexibility index (Phi) is 6.75. The molecule has 1 unspecified atom stereocenters. The lowest BCUT2D eigenvalue weighted by molar-refractivity contribution is 0.241. The Morgan fingerprint density at radius 1 is 1.33 bits per heavy atom. The molecule has 0 aromatic heterocycles. The van der Waals surface area contributed by atoms with Crippen LogP contribution >= 0.6 is 0 Å². The van der Waals surface area contributed by atoms with E-state index in [2.05, 4.69) is 10.6 Å². The third kappa shape index (κ3) is 7.53. The van der Waals surface area contributed by atoms with Crippen LogP contribution in [0.3, 0.4) is 0 Å². The fourth-order valence-electron chi connectivity index (χ4n) is 0.609. The number of carbonyl (C=O) groups is 1. The first-order valence-electron chi connectivity index (χ1n) is 3.98. The molecule has 0 heterocycles. The van der Waals surface area contributed by atoms with Crippen molar-refractivity contribution in [3.63, 3.8) is 0 Å². The van der Waals surface area contributed by atoms with Crippen molar-refractivity contribution in [1.29, 1.82) is 0 Å². The Labute approximate surface area is 75.6 Å². The van der Waals surface area contributed by atoms with Gasteiger partial charge in [-0.3, -0.25) is 4.21 Å². The zero-order valence-corrected chi connectivity index (χ0v) is 8.37. The quantitative estimate of drug-likeness (QED) is 0.648. The summed E-state index contributed by atoms with van der Waals surface area (Å²) in [5.41, 5.74) is 0. The first-order chi connectivity index (χ1) is 5.66. The lowest BCUT2D eigenvalue weighted by Crippen LogP contribution is -2.37. The van der Waals surface area contributed by atoms with Gasteiger partial charge in [0.25, 0.3) is 0 Å². The minimum atomic E-state index is -0.830. The SMILES string of the molecule is CCCNC(=O)NCCS(C)=O. The molecule has 0 aliphatic carbocycles. The predicted molar refractivity (Wildman–Crippen MR) is 50.6 cm³/mol. The summed E-state index contributed by atoms with van der Waals surface area (Å²) < 4.78 is 10.6. The number of carbonyl (C=O) groups excluding carboxylic acids is 1. The summed E-state index contributed by atoms with van der Waals surface area (Å²) in [5.74, 6) is 0.513. The van der Waals surface area contributed by atoms with Gasteiger partial charge < -0.3 is 10.6 Å². The second kappa shape index (κ2) is 7.09. The zero-order valence-electron chi connectivity index (χ0n) is 7.55. The summed E-state index contributed by atoms with van der Waals surface area (Å²) >= 11 is 0. The fourth-order valence-corrected chi connectivity index (χ4v) is 0.999. The molecule has 2 N–H and O–H groups in total. The zero-order chi connectivity index (χ0) is 9.40. The van der Waals surface area contributed by atoms with Crippen LogP contribution in [0, 0.1) is 0 Å². The van der Waals surface area contributed by atoms with Crippen molar-refractivity contribution in [3.05, 3.63) is 0 Å². The van der Waals surface area contributed by atoms with E-state index in [0.717, 1.165) is 6.42 Å². The molecule has 0 bridgehead atoms. The van der Waals surface area contributed by atoms with Crippen molar-refractivity contribution in [1.82, 2.24) is 10.6 Å². The largest absolute Gasteiger partial charge is 0.338 e. The summed E-state index contributed by atoms with van der Waals surface area (Å²) in [7, 11) is -0.830. The minimum Gasteiger partial charge on any atom is -0.338 e. The molecule has 0 saturated heterocycles. The van der Waals surface area contributed by atoms with Gasteiger partial charge in [-0.25, -0.2) is 4.79 Å². The van der Waals surface area contributed by atoms with Crippen molar-refractivity contribution in [2.24, 2.45) is 0 Å². The van der Waals surface area contributed by atoms with Crippen LogP contribution in [0.25, 0.3) is 0 Å².